The van der Waals surface area contributed by atoms with E-state index in [1.54, 1.807) is 30.3 Å². The molecule has 14 heteroatoms. The van der Waals surface area contributed by atoms with Gasteiger partial charge in [-0.2, -0.15) is 0 Å². The Labute approximate surface area is 226 Å². The lowest BCUT2D eigenvalue weighted by molar-refractivity contribution is -0.142. The van der Waals surface area contributed by atoms with Crippen LogP contribution in [0.2, 0.25) is 0 Å². The minimum absolute atomic E-state index is 0.0182. The molecule has 4 atom stereocenters. The molecular weight excluding hydrogens is 510 g/mol. The topological polar surface area (TPSA) is 263 Å². The summed E-state index contributed by atoms with van der Waals surface area (Å²) in [5.74, 6) is -5.07. The van der Waals surface area contributed by atoms with Crippen LogP contribution < -0.4 is 38.9 Å². The maximum atomic E-state index is 13.2. The molecule has 39 heavy (non-hydrogen) atoms. The van der Waals surface area contributed by atoms with Crippen molar-refractivity contribution in [3.63, 3.8) is 0 Å². The third kappa shape index (κ3) is 13.4. The number of hydrogen-bond acceptors (Lipinski definition) is 8. The van der Waals surface area contributed by atoms with Gasteiger partial charge in [-0.1, -0.05) is 36.8 Å². The Kier molecular flexibility index (Phi) is 14.8. The Morgan fingerprint density at radius 2 is 1.23 bits per heavy atom. The smallest absolute Gasteiger partial charge is 0.326 e. The number of carbonyl (C=O) groups is 6. The molecule has 0 saturated carbocycles. The number of benzene rings is 1. The molecule has 0 aromatic heterocycles. The fourth-order valence-corrected chi connectivity index (χ4v) is 3.62. The van der Waals surface area contributed by atoms with Gasteiger partial charge in [-0.05, 0) is 37.8 Å². The highest BCUT2D eigenvalue weighted by Gasteiger charge is 2.30. The van der Waals surface area contributed by atoms with E-state index in [0.717, 1.165) is 0 Å². The SMILES string of the molecule is NCCCCC(N)C(=O)NC(CCC(N)=O)C(=O)NC(Cc1ccccc1)C(=O)NC(CCC(N)=O)C(=O)O. The van der Waals surface area contributed by atoms with Crippen LogP contribution in [0.5, 0.6) is 0 Å². The molecular formula is C25H39N7O7. The first-order valence-corrected chi connectivity index (χ1v) is 12.6. The summed E-state index contributed by atoms with van der Waals surface area (Å²) in [6, 6.07) is 3.75. The predicted molar refractivity (Wildman–Crippen MR) is 141 cm³/mol. The van der Waals surface area contributed by atoms with Gasteiger partial charge >= 0.3 is 5.97 Å². The Balaban J connectivity index is 3.10. The second kappa shape index (κ2) is 17.5. The van der Waals surface area contributed by atoms with Crippen LogP contribution in [0.3, 0.4) is 0 Å². The molecule has 12 N–H and O–H groups in total. The van der Waals surface area contributed by atoms with E-state index in [1.165, 1.54) is 0 Å². The molecule has 0 aliphatic carbocycles. The van der Waals surface area contributed by atoms with Gasteiger partial charge < -0.3 is 44.0 Å². The van der Waals surface area contributed by atoms with Gasteiger partial charge in [-0.3, -0.25) is 24.0 Å². The molecule has 5 amide bonds. The van der Waals surface area contributed by atoms with Gasteiger partial charge in [-0.25, -0.2) is 4.79 Å². The van der Waals surface area contributed by atoms with Gasteiger partial charge in [-0.15, -0.1) is 0 Å². The number of unbranched alkanes of at least 4 members (excludes halogenated alkanes) is 1. The van der Waals surface area contributed by atoms with Crippen LogP contribution in [0.25, 0.3) is 0 Å². The van der Waals surface area contributed by atoms with Crippen LogP contribution in [0, 0.1) is 0 Å². The standard InChI is InChI=1S/C25H39N7O7/c26-13-5-4-8-16(27)22(35)30-17(9-11-20(28)33)23(36)32-19(14-15-6-2-1-3-7-15)24(37)31-18(25(38)39)10-12-21(29)34/h1-3,6-7,16-19H,4-5,8-14,26-27H2,(H2,28,33)(H2,29,34)(H,30,35)(H,31,37)(H,32,36)(H,38,39). The highest BCUT2D eigenvalue weighted by molar-refractivity contribution is 5.94. The summed E-state index contributed by atoms with van der Waals surface area (Å²) in [6.45, 7) is 0.439. The van der Waals surface area contributed by atoms with Gasteiger partial charge in [0, 0.05) is 19.3 Å². The highest BCUT2D eigenvalue weighted by atomic mass is 16.4. The first-order chi connectivity index (χ1) is 18.4. The van der Waals surface area contributed by atoms with Gasteiger partial charge in [0.15, 0.2) is 0 Å². The molecule has 0 spiro atoms. The maximum Gasteiger partial charge on any atom is 0.326 e. The molecule has 1 rings (SSSR count). The fraction of sp³-hybridized carbons (Fsp3) is 0.520. The molecule has 216 valence electrons. The van der Waals surface area contributed by atoms with E-state index in [4.69, 9.17) is 22.9 Å². The quantitative estimate of drug-likeness (QED) is 0.0865. The number of nitrogens with two attached hydrogens (primary N) is 4. The summed E-state index contributed by atoms with van der Waals surface area (Å²) in [6.07, 6.45) is 0.664. The highest BCUT2D eigenvalue weighted by Crippen LogP contribution is 2.08. The molecule has 0 radical (unpaired) electrons. The van der Waals surface area contributed by atoms with Crippen LogP contribution in [0.1, 0.15) is 50.5 Å². The molecule has 0 saturated heterocycles. The monoisotopic (exact) mass is 549 g/mol. The number of carboxylic acid groups (broad SMARTS) is 1. The number of nitrogens with one attached hydrogen (secondary N) is 3. The van der Waals surface area contributed by atoms with E-state index in [0.29, 0.717) is 31.4 Å². The van der Waals surface area contributed by atoms with Crippen LogP contribution in [-0.2, 0) is 35.2 Å². The lowest BCUT2D eigenvalue weighted by Crippen LogP contribution is -2.57. The number of carbonyl (C=O) groups excluding carboxylic acids is 5. The zero-order valence-electron chi connectivity index (χ0n) is 21.8. The van der Waals surface area contributed by atoms with Crippen LogP contribution >= 0.6 is 0 Å². The number of carboxylic acids is 1. The van der Waals surface area contributed by atoms with Crippen molar-refractivity contribution >= 4 is 35.5 Å². The molecule has 1 aromatic rings. The second-order valence-electron chi connectivity index (χ2n) is 9.11. The van der Waals surface area contributed by atoms with Crippen molar-refractivity contribution in [2.24, 2.45) is 22.9 Å². The predicted octanol–water partition coefficient (Wildman–Crippen LogP) is -2.24. The lowest BCUT2D eigenvalue weighted by Gasteiger charge is -2.25. The second-order valence-corrected chi connectivity index (χ2v) is 9.11. The van der Waals surface area contributed by atoms with E-state index in [-0.39, 0.29) is 32.1 Å². The van der Waals surface area contributed by atoms with E-state index in [2.05, 4.69) is 16.0 Å². The van der Waals surface area contributed by atoms with Crippen LogP contribution in [0.4, 0.5) is 0 Å². The molecule has 4 unspecified atom stereocenters. The largest absolute Gasteiger partial charge is 0.480 e. The normalized spacial score (nSPS) is 13.8. The average Bonchev–Trinajstić information content (AvgIpc) is 2.88. The third-order valence-electron chi connectivity index (χ3n) is 5.83. The van der Waals surface area contributed by atoms with Crippen LogP contribution in [0.15, 0.2) is 30.3 Å². The summed E-state index contributed by atoms with van der Waals surface area (Å²) in [5.41, 5.74) is 22.3. The van der Waals surface area contributed by atoms with E-state index < -0.39 is 59.7 Å². The van der Waals surface area contributed by atoms with Crippen molar-refractivity contribution in [1.29, 1.82) is 0 Å². The summed E-state index contributed by atoms with van der Waals surface area (Å²) >= 11 is 0. The first kappa shape index (κ1) is 33.0. The summed E-state index contributed by atoms with van der Waals surface area (Å²) < 4.78 is 0. The van der Waals surface area contributed by atoms with E-state index in [1.807, 2.05) is 0 Å². The van der Waals surface area contributed by atoms with Crippen molar-refractivity contribution in [3.8, 4) is 0 Å². The van der Waals surface area contributed by atoms with Gasteiger partial charge in [0.1, 0.15) is 18.1 Å². The zero-order valence-corrected chi connectivity index (χ0v) is 21.8. The summed E-state index contributed by atoms with van der Waals surface area (Å²) in [7, 11) is 0. The van der Waals surface area contributed by atoms with Crippen molar-refractivity contribution in [2.75, 3.05) is 6.54 Å². The van der Waals surface area contributed by atoms with Crippen LogP contribution in [-0.4, -0.2) is 71.3 Å². The minimum Gasteiger partial charge on any atom is -0.480 e. The van der Waals surface area contributed by atoms with Crippen molar-refractivity contribution in [1.82, 2.24) is 16.0 Å². The van der Waals surface area contributed by atoms with Gasteiger partial charge in [0.25, 0.3) is 0 Å². The zero-order chi connectivity index (χ0) is 29.4. The summed E-state index contributed by atoms with van der Waals surface area (Å²) in [5, 5.41) is 16.8. The Morgan fingerprint density at radius 3 is 1.77 bits per heavy atom. The number of hydrogen-bond donors (Lipinski definition) is 8. The maximum absolute atomic E-state index is 13.2. The van der Waals surface area contributed by atoms with Crippen molar-refractivity contribution in [2.45, 2.75) is 75.5 Å². The Morgan fingerprint density at radius 1 is 0.718 bits per heavy atom. The molecule has 0 aliphatic rings. The number of rotatable bonds is 19. The molecule has 0 fully saturated rings. The fourth-order valence-electron chi connectivity index (χ4n) is 3.62. The molecule has 0 aliphatic heterocycles. The van der Waals surface area contributed by atoms with Crippen molar-refractivity contribution in [3.05, 3.63) is 35.9 Å². The van der Waals surface area contributed by atoms with Gasteiger partial charge in [0.05, 0.1) is 6.04 Å². The first-order valence-electron chi connectivity index (χ1n) is 12.6. The number of primary amides is 2. The van der Waals surface area contributed by atoms with E-state index >= 15 is 0 Å². The minimum atomic E-state index is -1.43. The average molecular weight is 550 g/mol. The number of amides is 5. The number of aliphatic carboxylic acids is 1. The third-order valence-corrected chi connectivity index (χ3v) is 5.83. The Hall–Kier alpha value is -4.04. The van der Waals surface area contributed by atoms with Gasteiger partial charge in [0.2, 0.25) is 29.5 Å². The molecule has 0 heterocycles. The molecule has 14 nitrogen and oxygen atoms in total. The Bertz CT molecular complexity index is 990. The molecule has 1 aromatic carbocycles. The lowest BCUT2D eigenvalue weighted by atomic mass is 10.0. The molecule has 0 bridgehead atoms. The summed E-state index contributed by atoms with van der Waals surface area (Å²) in [4.78, 5) is 73.0. The van der Waals surface area contributed by atoms with Crippen molar-refractivity contribution < 1.29 is 33.9 Å². The van der Waals surface area contributed by atoms with E-state index in [9.17, 15) is 33.9 Å².